The fraction of sp³-hybridized carbons (Fsp3) is 0.818. The van der Waals surface area contributed by atoms with Gasteiger partial charge in [-0.1, -0.05) is 12.2 Å². The summed E-state index contributed by atoms with van der Waals surface area (Å²) in [5.74, 6) is 1.47. The number of piperazine rings is 1. The lowest BCUT2D eigenvalue weighted by molar-refractivity contribution is -0.132. The summed E-state index contributed by atoms with van der Waals surface area (Å²) in [6.45, 7) is 4.09. The van der Waals surface area contributed by atoms with Gasteiger partial charge in [0.15, 0.2) is 0 Å². The molecule has 0 aliphatic carbocycles. The minimum absolute atomic E-state index is 0.220. The Labute approximate surface area is 112 Å². The van der Waals surface area contributed by atoms with E-state index in [1.54, 1.807) is 0 Å². The largest absolute Gasteiger partial charge is 0.392 e. The summed E-state index contributed by atoms with van der Waals surface area (Å²) in [4.78, 5) is 16.9. The van der Waals surface area contributed by atoms with Crippen molar-refractivity contribution >= 4 is 34.9 Å². The molecule has 0 aromatic rings. The molecule has 2 fully saturated rings. The minimum Gasteiger partial charge on any atom is -0.392 e. The maximum absolute atomic E-state index is 12.2. The van der Waals surface area contributed by atoms with Crippen molar-refractivity contribution in [2.45, 2.75) is 18.1 Å². The van der Waals surface area contributed by atoms with E-state index in [2.05, 4.69) is 4.90 Å². The monoisotopic (exact) mass is 273 g/mol. The van der Waals surface area contributed by atoms with Crippen molar-refractivity contribution in [2.75, 3.05) is 38.5 Å². The molecule has 0 aromatic heterocycles. The predicted molar refractivity (Wildman–Crippen MR) is 75.3 cm³/mol. The molecule has 2 aliphatic heterocycles. The average Bonchev–Trinajstić information content (AvgIpc) is 2.82. The maximum atomic E-state index is 12.2. The number of hydrogen-bond acceptors (Lipinski definition) is 4. The Balaban J connectivity index is 1.78. The molecule has 17 heavy (non-hydrogen) atoms. The summed E-state index contributed by atoms with van der Waals surface area (Å²) in [6, 6.07) is 0. The Morgan fingerprint density at radius 2 is 2.06 bits per heavy atom. The van der Waals surface area contributed by atoms with Gasteiger partial charge in [0.25, 0.3) is 0 Å². The van der Waals surface area contributed by atoms with E-state index in [1.165, 1.54) is 6.42 Å². The molecule has 2 heterocycles. The highest BCUT2D eigenvalue weighted by Crippen LogP contribution is 2.27. The molecule has 4 nitrogen and oxygen atoms in total. The average molecular weight is 273 g/mol. The highest BCUT2D eigenvalue weighted by molar-refractivity contribution is 8.00. The summed E-state index contributed by atoms with van der Waals surface area (Å²) >= 11 is 6.71. The Hall–Kier alpha value is -0.330. The molecule has 2 saturated heterocycles. The zero-order chi connectivity index (χ0) is 12.3. The van der Waals surface area contributed by atoms with Crippen LogP contribution in [0.5, 0.6) is 0 Å². The molecule has 1 unspecified atom stereocenters. The van der Waals surface area contributed by atoms with E-state index in [4.69, 9.17) is 18.0 Å². The Morgan fingerprint density at radius 3 is 2.59 bits per heavy atom. The lowest BCUT2D eigenvalue weighted by Crippen LogP contribution is -2.52. The van der Waals surface area contributed by atoms with Crippen molar-refractivity contribution in [1.82, 2.24) is 9.80 Å². The van der Waals surface area contributed by atoms with E-state index in [1.807, 2.05) is 16.7 Å². The van der Waals surface area contributed by atoms with Crippen LogP contribution in [0.15, 0.2) is 0 Å². The lowest BCUT2D eigenvalue weighted by atomic mass is 10.2. The molecular weight excluding hydrogens is 254 g/mol. The van der Waals surface area contributed by atoms with E-state index < -0.39 is 0 Å². The van der Waals surface area contributed by atoms with Crippen LogP contribution in [0.25, 0.3) is 0 Å². The van der Waals surface area contributed by atoms with E-state index in [9.17, 15) is 4.79 Å². The second-order valence-corrected chi connectivity index (χ2v) is 6.40. The SMILES string of the molecule is NC(=S)CN1CCN(C(=O)C2CCCS2)CC1. The smallest absolute Gasteiger partial charge is 0.235 e. The number of thiocarbonyl (C=S) groups is 1. The first kappa shape index (κ1) is 13.1. The fourth-order valence-electron chi connectivity index (χ4n) is 2.32. The van der Waals surface area contributed by atoms with Gasteiger partial charge in [-0.05, 0) is 18.6 Å². The van der Waals surface area contributed by atoms with Crippen molar-refractivity contribution in [3.05, 3.63) is 0 Å². The molecule has 0 spiro atoms. The van der Waals surface area contributed by atoms with Crippen molar-refractivity contribution < 1.29 is 4.79 Å². The number of carbonyl (C=O) groups excluding carboxylic acids is 1. The highest BCUT2D eigenvalue weighted by Gasteiger charge is 2.29. The second kappa shape index (κ2) is 6.02. The van der Waals surface area contributed by atoms with Gasteiger partial charge in [0.2, 0.25) is 5.91 Å². The first-order valence-electron chi connectivity index (χ1n) is 6.08. The molecule has 2 rings (SSSR count). The third kappa shape index (κ3) is 3.56. The summed E-state index contributed by atoms with van der Waals surface area (Å²) in [5, 5.41) is 0.220. The first-order valence-corrected chi connectivity index (χ1v) is 7.53. The van der Waals surface area contributed by atoms with Gasteiger partial charge in [-0.2, -0.15) is 0 Å². The number of amides is 1. The minimum atomic E-state index is 0.220. The van der Waals surface area contributed by atoms with E-state index in [0.717, 1.165) is 38.4 Å². The molecule has 1 amide bonds. The second-order valence-electron chi connectivity index (χ2n) is 4.57. The Kier molecular flexibility index (Phi) is 4.64. The van der Waals surface area contributed by atoms with Crippen LogP contribution >= 0.6 is 24.0 Å². The Bertz CT molecular complexity index is 297. The van der Waals surface area contributed by atoms with Gasteiger partial charge in [-0.25, -0.2) is 0 Å². The zero-order valence-corrected chi connectivity index (χ0v) is 11.6. The quantitative estimate of drug-likeness (QED) is 0.750. The van der Waals surface area contributed by atoms with Crippen LogP contribution in [0.1, 0.15) is 12.8 Å². The number of thioether (sulfide) groups is 1. The number of nitrogens with zero attached hydrogens (tertiary/aromatic N) is 2. The molecule has 2 aliphatic rings. The van der Waals surface area contributed by atoms with E-state index in [-0.39, 0.29) is 5.25 Å². The first-order chi connectivity index (χ1) is 8.16. The van der Waals surface area contributed by atoms with Gasteiger partial charge < -0.3 is 10.6 Å². The van der Waals surface area contributed by atoms with Gasteiger partial charge >= 0.3 is 0 Å². The third-order valence-corrected chi connectivity index (χ3v) is 4.76. The number of nitrogens with two attached hydrogens (primary N) is 1. The zero-order valence-electron chi connectivity index (χ0n) is 9.93. The van der Waals surface area contributed by atoms with E-state index >= 15 is 0 Å². The van der Waals surface area contributed by atoms with Crippen LogP contribution in [-0.2, 0) is 4.79 Å². The number of hydrogen-bond donors (Lipinski definition) is 1. The molecule has 0 aromatic carbocycles. The number of rotatable bonds is 3. The van der Waals surface area contributed by atoms with Crippen LogP contribution in [0.4, 0.5) is 0 Å². The molecule has 2 N–H and O–H groups in total. The molecular formula is C11H19N3OS2. The standard InChI is InChI=1S/C11H19N3OS2/c12-10(16)8-13-3-5-14(6-4-13)11(15)9-2-1-7-17-9/h9H,1-8H2,(H2,12,16). The lowest BCUT2D eigenvalue weighted by Gasteiger charge is -2.35. The van der Waals surface area contributed by atoms with Crippen LogP contribution in [-0.4, -0.2) is 64.4 Å². The van der Waals surface area contributed by atoms with Crippen molar-refractivity contribution in [3.8, 4) is 0 Å². The van der Waals surface area contributed by atoms with Crippen LogP contribution in [0.2, 0.25) is 0 Å². The van der Waals surface area contributed by atoms with Crippen LogP contribution < -0.4 is 5.73 Å². The van der Waals surface area contributed by atoms with Gasteiger partial charge in [0.05, 0.1) is 10.2 Å². The maximum Gasteiger partial charge on any atom is 0.235 e. The van der Waals surface area contributed by atoms with Crippen LogP contribution in [0, 0.1) is 0 Å². The number of carbonyl (C=O) groups is 1. The molecule has 0 saturated carbocycles. The summed E-state index contributed by atoms with van der Waals surface area (Å²) < 4.78 is 0. The summed E-state index contributed by atoms with van der Waals surface area (Å²) in [7, 11) is 0. The topological polar surface area (TPSA) is 49.6 Å². The molecule has 96 valence electrons. The Morgan fingerprint density at radius 1 is 1.35 bits per heavy atom. The predicted octanol–water partition coefficient (Wildman–Crippen LogP) is 0.312. The van der Waals surface area contributed by atoms with E-state index in [0.29, 0.717) is 17.4 Å². The van der Waals surface area contributed by atoms with Gasteiger partial charge in [0.1, 0.15) is 0 Å². The van der Waals surface area contributed by atoms with Gasteiger partial charge in [-0.3, -0.25) is 9.69 Å². The molecule has 0 bridgehead atoms. The molecule has 1 atom stereocenters. The summed E-state index contributed by atoms with van der Waals surface area (Å²) in [6.07, 6.45) is 2.24. The summed E-state index contributed by atoms with van der Waals surface area (Å²) in [5.41, 5.74) is 5.52. The fourth-order valence-corrected chi connectivity index (χ4v) is 3.75. The van der Waals surface area contributed by atoms with Crippen molar-refractivity contribution in [1.29, 1.82) is 0 Å². The van der Waals surface area contributed by atoms with Gasteiger partial charge in [0, 0.05) is 32.7 Å². The third-order valence-electron chi connectivity index (χ3n) is 3.27. The molecule has 6 heteroatoms. The highest BCUT2D eigenvalue weighted by atomic mass is 32.2. The van der Waals surface area contributed by atoms with Gasteiger partial charge in [-0.15, -0.1) is 11.8 Å². The van der Waals surface area contributed by atoms with Crippen LogP contribution in [0.3, 0.4) is 0 Å². The normalized spacial score (nSPS) is 26.1. The van der Waals surface area contributed by atoms with Crippen molar-refractivity contribution in [3.63, 3.8) is 0 Å². The van der Waals surface area contributed by atoms with Crippen molar-refractivity contribution in [2.24, 2.45) is 5.73 Å². The molecule has 0 radical (unpaired) electrons.